The number of benzene rings is 1. The smallest absolute Gasteiger partial charge is 0.319 e. The van der Waals surface area contributed by atoms with Gasteiger partial charge < -0.3 is 25.8 Å². The first-order valence-electron chi connectivity index (χ1n) is 8.38. The molecule has 1 aliphatic rings. The lowest BCUT2D eigenvalue weighted by Gasteiger charge is -2.18. The van der Waals surface area contributed by atoms with Crippen LogP contribution in [0.5, 0.6) is 5.75 Å². The SMILES string of the molecule is CCC(CC)NC(=O)Nc1ccc(OC2CN=C(N)S2)c(COC)c1. The van der Waals surface area contributed by atoms with Crippen LogP contribution < -0.4 is 21.1 Å². The number of rotatable bonds is 8. The number of aliphatic imine (C=N–C) groups is 1. The van der Waals surface area contributed by atoms with Crippen molar-refractivity contribution in [2.75, 3.05) is 19.0 Å². The lowest BCUT2D eigenvalue weighted by Crippen LogP contribution is -2.37. The summed E-state index contributed by atoms with van der Waals surface area (Å²) in [5, 5.41) is 6.35. The number of thioether (sulfide) groups is 1. The number of hydrogen-bond acceptors (Lipinski definition) is 6. The van der Waals surface area contributed by atoms with Gasteiger partial charge in [0.1, 0.15) is 5.75 Å². The first-order chi connectivity index (χ1) is 12.0. The molecule has 0 spiro atoms. The molecule has 0 aliphatic carbocycles. The average molecular weight is 366 g/mol. The van der Waals surface area contributed by atoms with Crippen LogP contribution in [0.25, 0.3) is 0 Å². The van der Waals surface area contributed by atoms with E-state index in [1.165, 1.54) is 11.8 Å². The number of anilines is 1. The number of nitrogens with one attached hydrogen (secondary N) is 2. The van der Waals surface area contributed by atoms with E-state index >= 15 is 0 Å². The summed E-state index contributed by atoms with van der Waals surface area (Å²) in [6, 6.07) is 5.46. The Labute approximate surface area is 152 Å². The molecule has 8 heteroatoms. The third-order valence-electron chi connectivity index (χ3n) is 3.85. The monoisotopic (exact) mass is 366 g/mol. The van der Waals surface area contributed by atoms with Crippen molar-refractivity contribution >= 4 is 28.6 Å². The molecule has 25 heavy (non-hydrogen) atoms. The molecule has 1 atom stereocenters. The number of amidine groups is 1. The molecule has 1 heterocycles. The average Bonchev–Trinajstić information content (AvgIpc) is 3.00. The molecule has 2 rings (SSSR count). The van der Waals surface area contributed by atoms with Gasteiger partial charge in [-0.1, -0.05) is 13.8 Å². The number of nitrogens with two attached hydrogens (primary N) is 1. The van der Waals surface area contributed by atoms with E-state index in [1.807, 2.05) is 18.2 Å². The van der Waals surface area contributed by atoms with Crippen molar-refractivity contribution in [3.63, 3.8) is 0 Å². The van der Waals surface area contributed by atoms with Gasteiger partial charge in [-0.2, -0.15) is 0 Å². The van der Waals surface area contributed by atoms with Crippen LogP contribution in [0, 0.1) is 0 Å². The van der Waals surface area contributed by atoms with Gasteiger partial charge >= 0.3 is 6.03 Å². The van der Waals surface area contributed by atoms with E-state index in [1.54, 1.807) is 7.11 Å². The summed E-state index contributed by atoms with van der Waals surface area (Å²) in [5.41, 5.74) is 7.09. The molecule has 0 fully saturated rings. The van der Waals surface area contributed by atoms with E-state index in [0.29, 0.717) is 29.8 Å². The Balaban J connectivity index is 2.03. The Morgan fingerprint density at radius 1 is 1.44 bits per heavy atom. The standard InChI is InChI=1S/C17H26N4O3S/c1-4-12(5-2)20-17(22)21-13-6-7-14(11(8-13)10-23-3)24-15-9-19-16(18)25-15/h6-8,12,15H,4-5,9-10H2,1-3H3,(H2,18,19)(H2,20,21,22). The minimum absolute atomic E-state index is 0.132. The molecule has 138 valence electrons. The zero-order chi connectivity index (χ0) is 18.2. The maximum Gasteiger partial charge on any atom is 0.319 e. The highest BCUT2D eigenvalue weighted by Gasteiger charge is 2.20. The van der Waals surface area contributed by atoms with Gasteiger partial charge in [0, 0.05) is 24.4 Å². The molecule has 1 aromatic carbocycles. The molecule has 1 aliphatic heterocycles. The molecule has 0 aromatic heterocycles. The summed E-state index contributed by atoms with van der Waals surface area (Å²) in [7, 11) is 1.62. The molecular weight excluding hydrogens is 340 g/mol. The third kappa shape index (κ3) is 5.82. The van der Waals surface area contributed by atoms with E-state index in [-0.39, 0.29) is 17.5 Å². The summed E-state index contributed by atoms with van der Waals surface area (Å²) in [4.78, 5) is 16.2. The molecule has 1 aromatic rings. The van der Waals surface area contributed by atoms with Gasteiger partial charge in [0.2, 0.25) is 0 Å². The van der Waals surface area contributed by atoms with Crippen LogP contribution in [-0.4, -0.2) is 36.3 Å². The van der Waals surface area contributed by atoms with Gasteiger partial charge in [0.25, 0.3) is 0 Å². The maximum absolute atomic E-state index is 12.1. The fourth-order valence-electron chi connectivity index (χ4n) is 2.46. The highest BCUT2D eigenvalue weighted by Crippen LogP contribution is 2.28. The van der Waals surface area contributed by atoms with Crippen LogP contribution in [0.3, 0.4) is 0 Å². The molecule has 0 saturated heterocycles. The van der Waals surface area contributed by atoms with Gasteiger partial charge in [0.15, 0.2) is 10.6 Å². The topological polar surface area (TPSA) is 98.0 Å². The Morgan fingerprint density at radius 3 is 2.80 bits per heavy atom. The highest BCUT2D eigenvalue weighted by atomic mass is 32.2. The van der Waals surface area contributed by atoms with Crippen LogP contribution >= 0.6 is 11.8 Å². The van der Waals surface area contributed by atoms with Crippen LogP contribution in [0.1, 0.15) is 32.3 Å². The molecule has 2 amide bonds. The Bertz CT molecular complexity index is 620. The van der Waals surface area contributed by atoms with Crippen molar-refractivity contribution in [1.82, 2.24) is 5.32 Å². The zero-order valence-corrected chi connectivity index (χ0v) is 15.7. The van der Waals surface area contributed by atoms with Crippen LogP contribution in [0.2, 0.25) is 0 Å². The number of carbonyl (C=O) groups is 1. The fourth-order valence-corrected chi connectivity index (χ4v) is 3.18. The number of amides is 2. The number of urea groups is 1. The zero-order valence-electron chi connectivity index (χ0n) is 14.9. The first-order valence-corrected chi connectivity index (χ1v) is 9.26. The highest BCUT2D eigenvalue weighted by molar-refractivity contribution is 8.14. The van der Waals surface area contributed by atoms with Gasteiger partial charge in [0.05, 0.1) is 13.2 Å². The normalized spacial score (nSPS) is 16.6. The second-order valence-electron chi connectivity index (χ2n) is 5.71. The predicted molar refractivity (Wildman–Crippen MR) is 102 cm³/mol. The van der Waals surface area contributed by atoms with Crippen molar-refractivity contribution < 1.29 is 14.3 Å². The quantitative estimate of drug-likeness (QED) is 0.657. The maximum atomic E-state index is 12.1. The van der Waals surface area contributed by atoms with Gasteiger partial charge in [-0.05, 0) is 42.8 Å². The van der Waals surface area contributed by atoms with Crippen molar-refractivity contribution in [3.05, 3.63) is 23.8 Å². The summed E-state index contributed by atoms with van der Waals surface area (Å²) >= 11 is 1.40. The van der Waals surface area contributed by atoms with Gasteiger partial charge in [-0.3, -0.25) is 4.99 Å². The van der Waals surface area contributed by atoms with Crippen LogP contribution in [0.15, 0.2) is 23.2 Å². The van der Waals surface area contributed by atoms with E-state index in [4.69, 9.17) is 15.2 Å². The van der Waals surface area contributed by atoms with Crippen molar-refractivity contribution in [1.29, 1.82) is 0 Å². The Morgan fingerprint density at radius 2 is 2.20 bits per heavy atom. The second-order valence-corrected chi connectivity index (χ2v) is 6.89. The van der Waals surface area contributed by atoms with E-state index in [0.717, 1.165) is 18.4 Å². The lowest BCUT2D eigenvalue weighted by molar-refractivity contribution is 0.179. The summed E-state index contributed by atoms with van der Waals surface area (Å²) in [6.07, 6.45) is 1.80. The number of nitrogens with zero attached hydrogens (tertiary/aromatic N) is 1. The van der Waals surface area contributed by atoms with Crippen LogP contribution in [-0.2, 0) is 11.3 Å². The third-order valence-corrected chi connectivity index (χ3v) is 4.72. The number of ether oxygens (including phenoxy) is 2. The number of methoxy groups -OCH3 is 1. The first kappa shape index (κ1) is 19.4. The van der Waals surface area contributed by atoms with Gasteiger partial charge in [-0.25, -0.2) is 4.79 Å². The van der Waals surface area contributed by atoms with Crippen molar-refractivity contribution in [3.8, 4) is 5.75 Å². The summed E-state index contributed by atoms with van der Waals surface area (Å²) in [5.74, 6) is 0.704. The molecule has 0 radical (unpaired) electrons. The number of hydrogen-bond donors (Lipinski definition) is 3. The minimum Gasteiger partial charge on any atom is -0.477 e. The van der Waals surface area contributed by atoms with Crippen molar-refractivity contribution in [2.45, 2.75) is 44.8 Å². The summed E-state index contributed by atoms with van der Waals surface area (Å²) in [6.45, 7) is 5.01. The predicted octanol–water partition coefficient (Wildman–Crippen LogP) is 2.91. The Kier molecular flexibility index (Phi) is 7.39. The minimum atomic E-state index is -0.210. The number of carbonyl (C=O) groups excluding carboxylic acids is 1. The van der Waals surface area contributed by atoms with E-state index < -0.39 is 0 Å². The fraction of sp³-hybridized carbons (Fsp3) is 0.529. The second kappa shape index (κ2) is 9.53. The molecular formula is C17H26N4O3S. The lowest BCUT2D eigenvalue weighted by atomic mass is 10.1. The largest absolute Gasteiger partial charge is 0.477 e. The molecule has 0 bridgehead atoms. The molecule has 4 N–H and O–H groups in total. The molecule has 7 nitrogen and oxygen atoms in total. The Hall–Kier alpha value is -1.93. The molecule has 1 unspecified atom stereocenters. The van der Waals surface area contributed by atoms with Gasteiger partial charge in [-0.15, -0.1) is 0 Å². The van der Waals surface area contributed by atoms with E-state index in [2.05, 4.69) is 29.5 Å². The van der Waals surface area contributed by atoms with Crippen LogP contribution in [0.4, 0.5) is 10.5 Å². The van der Waals surface area contributed by atoms with Crippen molar-refractivity contribution in [2.24, 2.45) is 10.7 Å². The summed E-state index contributed by atoms with van der Waals surface area (Å²) < 4.78 is 11.2. The van der Waals surface area contributed by atoms with E-state index in [9.17, 15) is 4.79 Å². The molecule has 0 saturated carbocycles.